The van der Waals surface area contributed by atoms with Crippen LogP contribution >= 0.6 is 23.2 Å². The quantitative estimate of drug-likeness (QED) is 0.170. The molecular weight excluding hydrogens is 636 g/mol. The molecule has 0 saturated heterocycles. The summed E-state index contributed by atoms with van der Waals surface area (Å²) in [4.78, 5) is 29.4. The first-order chi connectivity index (χ1) is 21.5. The van der Waals surface area contributed by atoms with Gasteiger partial charge in [-0.2, -0.15) is 0 Å². The highest BCUT2D eigenvalue weighted by Crippen LogP contribution is 2.30. The number of benzene rings is 4. The van der Waals surface area contributed by atoms with Crippen LogP contribution in [-0.4, -0.2) is 44.3 Å². The lowest BCUT2D eigenvalue weighted by molar-refractivity contribution is -0.140. The van der Waals surface area contributed by atoms with Crippen molar-refractivity contribution < 1.29 is 22.4 Å². The number of halogens is 3. The van der Waals surface area contributed by atoms with E-state index in [-0.39, 0.29) is 33.6 Å². The van der Waals surface area contributed by atoms with E-state index >= 15 is 0 Å². The van der Waals surface area contributed by atoms with Gasteiger partial charge < -0.3 is 10.2 Å². The zero-order chi connectivity index (χ0) is 32.6. The monoisotopic (exact) mass is 669 g/mol. The van der Waals surface area contributed by atoms with Crippen molar-refractivity contribution in [2.24, 2.45) is 0 Å². The first-order valence-electron chi connectivity index (χ1n) is 14.4. The van der Waals surface area contributed by atoms with Gasteiger partial charge in [-0.05, 0) is 66.9 Å². The number of sulfonamides is 1. The number of nitrogens with zero attached hydrogens (tertiary/aromatic N) is 2. The third-order valence-electron chi connectivity index (χ3n) is 7.11. The molecule has 2 amide bonds. The van der Waals surface area contributed by atoms with Crippen molar-refractivity contribution in [3.63, 3.8) is 0 Å². The van der Waals surface area contributed by atoms with E-state index in [0.717, 1.165) is 15.4 Å². The molecule has 0 aliphatic carbocycles. The second kappa shape index (κ2) is 15.4. The second-order valence-corrected chi connectivity index (χ2v) is 13.3. The number of carbonyl (C=O) groups is 2. The van der Waals surface area contributed by atoms with Gasteiger partial charge in [0.2, 0.25) is 11.8 Å². The molecule has 0 aliphatic rings. The lowest BCUT2D eigenvalue weighted by atomic mass is 10.0. The highest BCUT2D eigenvalue weighted by atomic mass is 35.5. The Kier molecular flexibility index (Phi) is 11.6. The van der Waals surface area contributed by atoms with Crippen molar-refractivity contribution in [2.45, 2.75) is 44.2 Å². The number of nitrogens with one attached hydrogen (secondary N) is 1. The number of hydrogen-bond donors (Lipinski definition) is 1. The van der Waals surface area contributed by atoms with Crippen molar-refractivity contribution in [2.75, 3.05) is 17.4 Å². The molecule has 11 heteroatoms. The Hall–Kier alpha value is -3.92. The highest BCUT2D eigenvalue weighted by molar-refractivity contribution is 7.92. The Morgan fingerprint density at radius 2 is 1.49 bits per heavy atom. The lowest BCUT2D eigenvalue weighted by Crippen LogP contribution is -2.53. The number of aryl methyl sites for hydroxylation is 1. The van der Waals surface area contributed by atoms with E-state index in [9.17, 15) is 22.4 Å². The van der Waals surface area contributed by atoms with Gasteiger partial charge in [0.15, 0.2) is 0 Å². The fourth-order valence-electron chi connectivity index (χ4n) is 4.76. The van der Waals surface area contributed by atoms with E-state index < -0.39 is 40.2 Å². The summed E-state index contributed by atoms with van der Waals surface area (Å²) in [6.07, 6.45) is 0.838. The number of amides is 2. The molecule has 4 aromatic carbocycles. The molecule has 1 atom stereocenters. The lowest BCUT2D eigenvalue weighted by Gasteiger charge is -2.34. The Balaban J connectivity index is 1.81. The maximum Gasteiger partial charge on any atom is 0.264 e. The van der Waals surface area contributed by atoms with Crippen LogP contribution in [-0.2, 0) is 32.6 Å². The van der Waals surface area contributed by atoms with Crippen molar-refractivity contribution in [3.05, 3.63) is 130 Å². The Morgan fingerprint density at radius 3 is 2.09 bits per heavy atom. The Bertz CT molecular complexity index is 1700. The molecule has 0 aliphatic heterocycles. The van der Waals surface area contributed by atoms with Gasteiger partial charge in [-0.1, -0.05) is 90.3 Å². The predicted octanol–water partition coefficient (Wildman–Crippen LogP) is 6.80. The summed E-state index contributed by atoms with van der Waals surface area (Å²) < 4.78 is 43.0. The summed E-state index contributed by atoms with van der Waals surface area (Å²) in [5.41, 5.74) is 2.30. The second-order valence-electron chi connectivity index (χ2n) is 10.6. The van der Waals surface area contributed by atoms with E-state index in [0.29, 0.717) is 18.5 Å². The largest absolute Gasteiger partial charge is 0.354 e. The summed E-state index contributed by atoms with van der Waals surface area (Å²) in [6, 6.07) is 24.3. The van der Waals surface area contributed by atoms with Crippen molar-refractivity contribution in [1.29, 1.82) is 0 Å². The van der Waals surface area contributed by atoms with Gasteiger partial charge in [0.05, 0.1) is 10.6 Å². The smallest absolute Gasteiger partial charge is 0.264 e. The topological polar surface area (TPSA) is 86.8 Å². The molecule has 0 radical (unpaired) electrons. The van der Waals surface area contributed by atoms with Crippen LogP contribution in [0.2, 0.25) is 10.0 Å². The van der Waals surface area contributed by atoms with Gasteiger partial charge >= 0.3 is 0 Å². The first-order valence-corrected chi connectivity index (χ1v) is 16.6. The molecule has 45 heavy (non-hydrogen) atoms. The minimum Gasteiger partial charge on any atom is -0.354 e. The number of hydrogen-bond acceptors (Lipinski definition) is 4. The van der Waals surface area contributed by atoms with Crippen LogP contribution in [0.5, 0.6) is 0 Å². The molecule has 4 rings (SSSR count). The summed E-state index contributed by atoms with van der Waals surface area (Å²) in [5, 5.41) is 3.24. The van der Waals surface area contributed by atoms with E-state index in [1.807, 2.05) is 44.2 Å². The molecule has 0 fully saturated rings. The van der Waals surface area contributed by atoms with Gasteiger partial charge in [-0.25, -0.2) is 12.8 Å². The molecule has 0 spiro atoms. The Labute approximate surface area is 273 Å². The zero-order valence-corrected chi connectivity index (χ0v) is 27.2. The standard InChI is InChI=1S/C34H34Cl2FN3O4S/c1-3-17-38-34(42)32(18-25-7-5-4-6-8-25)39(22-26-11-13-29(37)14-12-26)33(41)23-40(30-20-27(35)19-28(36)21-30)45(43,44)31-15-9-24(2)10-16-31/h4-16,19-21,32H,3,17-18,22-23H2,1-2H3,(H,38,42)/t32-/m1/s1. The molecule has 1 N–H and O–H groups in total. The maximum absolute atomic E-state index is 14.4. The summed E-state index contributed by atoms with van der Waals surface area (Å²) >= 11 is 12.6. The van der Waals surface area contributed by atoms with Crippen molar-refractivity contribution in [3.8, 4) is 0 Å². The average molecular weight is 671 g/mol. The molecule has 7 nitrogen and oxygen atoms in total. The van der Waals surface area contributed by atoms with E-state index in [4.69, 9.17) is 23.2 Å². The van der Waals surface area contributed by atoms with Gasteiger partial charge in [0.1, 0.15) is 18.4 Å². The summed E-state index contributed by atoms with van der Waals surface area (Å²) in [7, 11) is -4.31. The maximum atomic E-state index is 14.4. The SMILES string of the molecule is CCCNC(=O)[C@@H](Cc1ccccc1)N(Cc1ccc(F)cc1)C(=O)CN(c1cc(Cl)cc(Cl)c1)S(=O)(=O)c1ccc(C)cc1. The zero-order valence-electron chi connectivity index (χ0n) is 24.9. The minimum absolute atomic E-state index is 0.0383. The van der Waals surface area contributed by atoms with Crippen LogP contribution < -0.4 is 9.62 Å². The van der Waals surface area contributed by atoms with Crippen molar-refractivity contribution in [1.82, 2.24) is 10.2 Å². The Morgan fingerprint density at radius 1 is 0.867 bits per heavy atom. The third-order valence-corrected chi connectivity index (χ3v) is 9.33. The average Bonchev–Trinajstić information content (AvgIpc) is 3.01. The van der Waals surface area contributed by atoms with Crippen LogP contribution in [0.3, 0.4) is 0 Å². The molecule has 0 heterocycles. The minimum atomic E-state index is -4.31. The van der Waals surface area contributed by atoms with Crippen LogP contribution in [0.15, 0.2) is 102 Å². The van der Waals surface area contributed by atoms with Crippen LogP contribution in [0, 0.1) is 12.7 Å². The molecule has 0 bridgehead atoms. The summed E-state index contributed by atoms with van der Waals surface area (Å²) in [5.74, 6) is -1.50. The van der Waals surface area contributed by atoms with Gasteiger partial charge in [0, 0.05) is 29.6 Å². The normalized spacial score (nSPS) is 11.9. The fourth-order valence-corrected chi connectivity index (χ4v) is 6.67. The number of anilines is 1. The molecule has 236 valence electrons. The number of rotatable bonds is 13. The fraction of sp³-hybridized carbons (Fsp3) is 0.235. The highest BCUT2D eigenvalue weighted by Gasteiger charge is 2.34. The van der Waals surface area contributed by atoms with E-state index in [1.165, 1.54) is 59.5 Å². The first kappa shape index (κ1) is 34.0. The molecule has 0 aromatic heterocycles. The van der Waals surface area contributed by atoms with Gasteiger partial charge in [0.25, 0.3) is 10.0 Å². The number of carbonyl (C=O) groups excluding carboxylic acids is 2. The van der Waals surface area contributed by atoms with Crippen LogP contribution in [0.4, 0.5) is 10.1 Å². The molecule has 0 saturated carbocycles. The molecular formula is C34H34Cl2FN3O4S. The van der Waals surface area contributed by atoms with E-state index in [2.05, 4.69) is 5.32 Å². The van der Waals surface area contributed by atoms with Crippen LogP contribution in [0.1, 0.15) is 30.0 Å². The molecule has 0 unspecified atom stereocenters. The van der Waals surface area contributed by atoms with E-state index in [1.54, 1.807) is 12.1 Å². The third kappa shape index (κ3) is 9.06. The summed E-state index contributed by atoms with van der Waals surface area (Å²) in [6.45, 7) is 3.39. The molecule has 4 aromatic rings. The van der Waals surface area contributed by atoms with Crippen LogP contribution in [0.25, 0.3) is 0 Å². The predicted molar refractivity (Wildman–Crippen MR) is 176 cm³/mol. The van der Waals surface area contributed by atoms with Gasteiger partial charge in [-0.3, -0.25) is 13.9 Å². The van der Waals surface area contributed by atoms with Gasteiger partial charge in [-0.15, -0.1) is 0 Å². The van der Waals surface area contributed by atoms with Crippen molar-refractivity contribution >= 4 is 50.7 Å².